The lowest BCUT2D eigenvalue weighted by molar-refractivity contribution is -0.0453. The average Bonchev–Trinajstić information content (AvgIpc) is 2.83. The summed E-state index contributed by atoms with van der Waals surface area (Å²) in [5.74, 6) is 1.19. The summed E-state index contributed by atoms with van der Waals surface area (Å²) in [4.78, 5) is 2.43. The number of hydrogen-bond acceptors (Lipinski definition) is 4. The summed E-state index contributed by atoms with van der Waals surface area (Å²) < 4.78 is 6.09. The Hall–Kier alpha value is -1.23. The molecule has 2 bridgehead atoms. The van der Waals surface area contributed by atoms with Gasteiger partial charge in [0.2, 0.25) is 0 Å². The lowest BCUT2D eigenvalue weighted by Gasteiger charge is -2.56. The Labute approximate surface area is 135 Å². The SMILES string of the molecule is CN1CC[C@]23c4c5ccc(O)c4O[C@H]2[C@H](O)C=C[C@@H]3[C@H]1C5.Cl. The van der Waals surface area contributed by atoms with E-state index in [1.165, 1.54) is 11.1 Å². The van der Waals surface area contributed by atoms with Crippen LogP contribution >= 0.6 is 12.4 Å². The predicted molar refractivity (Wildman–Crippen MR) is 84.8 cm³/mol. The Morgan fingerprint density at radius 3 is 2.95 bits per heavy atom. The van der Waals surface area contributed by atoms with E-state index in [4.69, 9.17) is 4.74 Å². The van der Waals surface area contributed by atoms with Crippen molar-refractivity contribution < 1.29 is 14.9 Å². The highest BCUT2D eigenvalue weighted by Crippen LogP contribution is 2.62. The molecular formula is C17H20ClNO3. The third-order valence-electron chi connectivity index (χ3n) is 6.15. The maximum Gasteiger partial charge on any atom is 0.165 e. The largest absolute Gasteiger partial charge is 0.504 e. The standard InChI is InChI=1S/C17H19NO3.ClH/c1-18-7-6-17-10-3-5-13(20)16(17)21-15-12(19)4-2-9(14(15)17)8-11(10)18;/h2-5,10-11,13,16,19-20H,6-8H2,1H3;1H/t10-,11-,13-,16+,17+;/m1./s1. The van der Waals surface area contributed by atoms with Crippen LogP contribution in [0.25, 0.3) is 0 Å². The van der Waals surface area contributed by atoms with Gasteiger partial charge < -0.3 is 19.8 Å². The second kappa shape index (κ2) is 4.40. The van der Waals surface area contributed by atoms with Crippen LogP contribution in [0.1, 0.15) is 17.5 Å². The van der Waals surface area contributed by atoms with E-state index in [9.17, 15) is 10.2 Å². The normalized spacial score (nSPS) is 40.6. The van der Waals surface area contributed by atoms with E-state index in [0.717, 1.165) is 19.4 Å². The van der Waals surface area contributed by atoms with Crippen LogP contribution in [-0.4, -0.2) is 47.0 Å². The highest BCUT2D eigenvalue weighted by Gasteiger charge is 2.64. The third kappa shape index (κ3) is 1.41. The number of nitrogens with zero attached hydrogens (tertiary/aromatic N) is 1. The van der Waals surface area contributed by atoms with Crippen molar-refractivity contribution in [3.8, 4) is 11.5 Å². The van der Waals surface area contributed by atoms with E-state index >= 15 is 0 Å². The average molecular weight is 322 g/mol. The number of benzene rings is 1. The number of halogens is 1. The molecule has 2 aliphatic heterocycles. The van der Waals surface area contributed by atoms with E-state index in [-0.39, 0.29) is 29.7 Å². The van der Waals surface area contributed by atoms with Crippen LogP contribution < -0.4 is 4.74 Å². The predicted octanol–water partition coefficient (Wildman–Crippen LogP) is 1.62. The van der Waals surface area contributed by atoms with E-state index in [2.05, 4.69) is 18.0 Å². The first-order valence-corrected chi connectivity index (χ1v) is 7.71. The van der Waals surface area contributed by atoms with Gasteiger partial charge in [0.25, 0.3) is 0 Å². The Kier molecular flexibility index (Phi) is 2.88. The van der Waals surface area contributed by atoms with Crippen molar-refractivity contribution >= 4 is 12.4 Å². The molecule has 1 aromatic rings. The quantitative estimate of drug-likeness (QED) is 0.713. The first-order chi connectivity index (χ1) is 10.1. The molecule has 118 valence electrons. The number of likely N-dealkylation sites (tertiary alicyclic amines) is 1. The number of aliphatic hydroxyl groups is 1. The summed E-state index contributed by atoms with van der Waals surface area (Å²) in [5.41, 5.74) is 2.29. The van der Waals surface area contributed by atoms with Gasteiger partial charge >= 0.3 is 0 Å². The molecule has 0 saturated carbocycles. The molecule has 1 aromatic carbocycles. The fraction of sp³-hybridized carbons (Fsp3) is 0.529. The molecule has 2 aliphatic carbocycles. The van der Waals surface area contributed by atoms with Gasteiger partial charge in [-0.25, -0.2) is 0 Å². The van der Waals surface area contributed by atoms with E-state index in [1.54, 1.807) is 6.07 Å². The number of ether oxygens (including phenoxy) is 1. The molecule has 0 aromatic heterocycles. The summed E-state index contributed by atoms with van der Waals surface area (Å²) in [7, 11) is 2.19. The molecule has 0 unspecified atom stereocenters. The zero-order chi connectivity index (χ0) is 14.4. The van der Waals surface area contributed by atoms with Gasteiger partial charge in [0, 0.05) is 22.9 Å². The number of likely N-dealkylation sites (N-methyl/N-ethyl adjacent to an activating group) is 1. The molecule has 4 nitrogen and oxygen atoms in total. The second-order valence-corrected chi connectivity index (χ2v) is 6.93. The van der Waals surface area contributed by atoms with Crippen molar-refractivity contribution in [1.82, 2.24) is 4.90 Å². The van der Waals surface area contributed by atoms with Crippen LogP contribution in [0, 0.1) is 5.92 Å². The summed E-state index contributed by atoms with van der Waals surface area (Å²) >= 11 is 0. The maximum absolute atomic E-state index is 10.4. The fourth-order valence-corrected chi connectivity index (χ4v) is 5.24. The Morgan fingerprint density at radius 1 is 1.32 bits per heavy atom. The second-order valence-electron chi connectivity index (χ2n) is 6.93. The number of phenolic OH excluding ortho intramolecular Hbond substituents is 1. The van der Waals surface area contributed by atoms with E-state index in [1.807, 2.05) is 12.1 Å². The number of phenols is 1. The van der Waals surface area contributed by atoms with Crippen molar-refractivity contribution in [2.75, 3.05) is 13.6 Å². The van der Waals surface area contributed by atoms with Crippen LogP contribution in [0.5, 0.6) is 11.5 Å². The fourth-order valence-electron chi connectivity index (χ4n) is 5.24. The molecule has 1 spiro atoms. The Bertz CT molecular complexity index is 676. The number of piperidine rings is 1. The lowest BCUT2D eigenvalue weighted by Crippen LogP contribution is -2.64. The minimum absolute atomic E-state index is 0. The monoisotopic (exact) mass is 321 g/mol. The van der Waals surface area contributed by atoms with Crippen molar-refractivity contribution in [3.05, 3.63) is 35.4 Å². The van der Waals surface area contributed by atoms with E-state index < -0.39 is 6.10 Å². The molecule has 22 heavy (non-hydrogen) atoms. The zero-order valence-corrected chi connectivity index (χ0v) is 13.2. The summed E-state index contributed by atoms with van der Waals surface area (Å²) in [6.45, 7) is 1.01. The summed E-state index contributed by atoms with van der Waals surface area (Å²) in [5, 5.41) is 20.6. The molecule has 5 rings (SSSR count). The number of aliphatic hydroxyl groups excluding tert-OH is 1. The molecule has 5 atom stereocenters. The van der Waals surface area contributed by atoms with Crippen LogP contribution in [0.4, 0.5) is 0 Å². The lowest BCUT2D eigenvalue weighted by atomic mass is 9.53. The number of rotatable bonds is 0. The number of aromatic hydroxyl groups is 1. The van der Waals surface area contributed by atoms with Gasteiger partial charge in [0.15, 0.2) is 11.5 Å². The first kappa shape index (κ1) is 14.4. The third-order valence-corrected chi connectivity index (χ3v) is 6.15. The van der Waals surface area contributed by atoms with Crippen LogP contribution in [-0.2, 0) is 11.8 Å². The summed E-state index contributed by atoms with van der Waals surface area (Å²) in [6, 6.07) is 4.23. The molecule has 0 radical (unpaired) electrons. The van der Waals surface area contributed by atoms with Gasteiger partial charge in [-0.2, -0.15) is 0 Å². The van der Waals surface area contributed by atoms with Crippen LogP contribution in [0.3, 0.4) is 0 Å². The topological polar surface area (TPSA) is 52.9 Å². The van der Waals surface area contributed by atoms with Gasteiger partial charge in [-0.05, 0) is 38.1 Å². The van der Waals surface area contributed by atoms with Crippen LogP contribution in [0.2, 0.25) is 0 Å². The van der Waals surface area contributed by atoms with Gasteiger partial charge in [0.05, 0.1) is 0 Å². The molecular weight excluding hydrogens is 302 g/mol. The Morgan fingerprint density at radius 2 is 2.14 bits per heavy atom. The molecule has 1 fully saturated rings. The van der Waals surface area contributed by atoms with Crippen LogP contribution in [0.15, 0.2) is 24.3 Å². The molecule has 4 aliphatic rings. The minimum atomic E-state index is -0.594. The minimum Gasteiger partial charge on any atom is -0.504 e. The van der Waals surface area contributed by atoms with Crippen molar-refractivity contribution in [3.63, 3.8) is 0 Å². The highest BCUT2D eigenvalue weighted by atomic mass is 35.5. The molecule has 2 heterocycles. The van der Waals surface area contributed by atoms with Gasteiger partial charge in [-0.15, -0.1) is 12.4 Å². The Balaban J connectivity index is 0.00000125. The molecule has 2 N–H and O–H groups in total. The highest BCUT2D eigenvalue weighted by molar-refractivity contribution is 5.85. The molecule has 0 amide bonds. The molecule has 5 heteroatoms. The first-order valence-electron chi connectivity index (χ1n) is 7.71. The zero-order valence-electron chi connectivity index (χ0n) is 12.4. The smallest absolute Gasteiger partial charge is 0.165 e. The van der Waals surface area contributed by atoms with Gasteiger partial charge in [-0.1, -0.05) is 18.2 Å². The van der Waals surface area contributed by atoms with Crippen molar-refractivity contribution in [1.29, 1.82) is 0 Å². The van der Waals surface area contributed by atoms with Crippen molar-refractivity contribution in [2.24, 2.45) is 5.92 Å². The summed E-state index contributed by atoms with van der Waals surface area (Å²) in [6.07, 6.45) is 5.18. The maximum atomic E-state index is 10.4. The van der Waals surface area contributed by atoms with Crippen molar-refractivity contribution in [2.45, 2.75) is 36.5 Å². The van der Waals surface area contributed by atoms with Gasteiger partial charge in [-0.3, -0.25) is 0 Å². The molecule has 1 saturated heterocycles. The van der Waals surface area contributed by atoms with E-state index in [0.29, 0.717) is 17.7 Å². The number of hydrogen-bond donors (Lipinski definition) is 2. The van der Waals surface area contributed by atoms with Gasteiger partial charge in [0.1, 0.15) is 12.2 Å².